The Labute approximate surface area is 156 Å². The van der Waals surface area contributed by atoms with Crippen molar-refractivity contribution in [3.8, 4) is 0 Å². The highest BCUT2D eigenvalue weighted by atomic mass is 16.2. The third-order valence-electron chi connectivity index (χ3n) is 4.68. The number of nitrogens with one attached hydrogen (secondary N) is 1. The van der Waals surface area contributed by atoms with E-state index >= 15 is 0 Å². The number of hydrogen-bond acceptors (Lipinski definition) is 3. The van der Waals surface area contributed by atoms with Gasteiger partial charge >= 0.3 is 0 Å². The first kappa shape index (κ1) is 16.9. The number of benzene rings is 3. The third kappa shape index (κ3) is 2.85. The maximum atomic E-state index is 13.0. The number of carbonyl (C=O) groups excluding carboxylic acids is 3. The summed E-state index contributed by atoms with van der Waals surface area (Å²) in [5, 5.41) is 2.81. The van der Waals surface area contributed by atoms with Gasteiger partial charge in [0.2, 0.25) is 0 Å². The molecular formula is C23H17NO3. The van der Waals surface area contributed by atoms with Gasteiger partial charge in [0.25, 0.3) is 5.91 Å². The maximum absolute atomic E-state index is 13.0. The van der Waals surface area contributed by atoms with Crippen LogP contribution < -0.4 is 5.32 Å². The summed E-state index contributed by atoms with van der Waals surface area (Å²) >= 11 is 0. The molecule has 0 radical (unpaired) electrons. The Morgan fingerprint density at radius 1 is 0.741 bits per heavy atom. The molecule has 0 aliphatic heterocycles. The lowest BCUT2D eigenvalue weighted by atomic mass is 9.83. The van der Waals surface area contributed by atoms with Crippen molar-refractivity contribution < 1.29 is 14.4 Å². The van der Waals surface area contributed by atoms with Gasteiger partial charge < -0.3 is 5.32 Å². The van der Waals surface area contributed by atoms with Gasteiger partial charge in [0.1, 0.15) is 0 Å². The van der Waals surface area contributed by atoms with Crippen LogP contribution in [0.2, 0.25) is 0 Å². The van der Waals surface area contributed by atoms with Crippen molar-refractivity contribution in [2.75, 3.05) is 5.32 Å². The van der Waals surface area contributed by atoms with Gasteiger partial charge in [-0.15, -0.1) is 0 Å². The fraction of sp³-hybridized carbons (Fsp3) is 0.0870. The molecule has 0 saturated carbocycles. The Morgan fingerprint density at radius 2 is 1.33 bits per heavy atom. The number of fused-ring (bicyclic) bond motifs is 2. The van der Waals surface area contributed by atoms with Crippen molar-refractivity contribution in [3.05, 3.63) is 99.6 Å². The van der Waals surface area contributed by atoms with Crippen LogP contribution >= 0.6 is 0 Å². The number of amides is 1. The summed E-state index contributed by atoms with van der Waals surface area (Å²) in [6.45, 7) is 3.85. The smallest absolute Gasteiger partial charge is 0.255 e. The summed E-state index contributed by atoms with van der Waals surface area (Å²) < 4.78 is 0. The van der Waals surface area contributed by atoms with Gasteiger partial charge in [0.05, 0.1) is 11.3 Å². The number of ketones is 2. The molecule has 1 aliphatic rings. The number of hydrogen-bond donors (Lipinski definition) is 1. The van der Waals surface area contributed by atoms with Gasteiger partial charge in [0, 0.05) is 22.3 Å². The molecule has 0 saturated heterocycles. The van der Waals surface area contributed by atoms with Crippen molar-refractivity contribution in [3.63, 3.8) is 0 Å². The fourth-order valence-electron chi connectivity index (χ4n) is 3.55. The lowest BCUT2D eigenvalue weighted by Crippen LogP contribution is -2.24. The topological polar surface area (TPSA) is 63.2 Å². The average molecular weight is 355 g/mol. The van der Waals surface area contributed by atoms with Crippen LogP contribution in [0.5, 0.6) is 0 Å². The first-order valence-electron chi connectivity index (χ1n) is 8.67. The van der Waals surface area contributed by atoms with Crippen LogP contribution in [-0.2, 0) is 0 Å². The minimum Gasteiger partial charge on any atom is -0.321 e. The Bertz CT molecular complexity index is 1110. The van der Waals surface area contributed by atoms with Gasteiger partial charge in [-0.05, 0) is 32.0 Å². The van der Waals surface area contributed by atoms with Crippen molar-refractivity contribution >= 4 is 23.2 Å². The molecule has 0 spiro atoms. The van der Waals surface area contributed by atoms with E-state index in [1.807, 2.05) is 19.9 Å². The lowest BCUT2D eigenvalue weighted by Gasteiger charge is -2.20. The van der Waals surface area contributed by atoms with Crippen molar-refractivity contribution in [1.29, 1.82) is 0 Å². The highest BCUT2D eigenvalue weighted by Crippen LogP contribution is 2.32. The second-order valence-corrected chi connectivity index (χ2v) is 6.76. The zero-order valence-electron chi connectivity index (χ0n) is 15.0. The second kappa shape index (κ2) is 6.32. The van der Waals surface area contributed by atoms with E-state index in [1.54, 1.807) is 54.6 Å². The molecular weight excluding hydrogens is 338 g/mol. The Kier molecular flexibility index (Phi) is 3.96. The van der Waals surface area contributed by atoms with E-state index in [0.29, 0.717) is 27.9 Å². The predicted octanol–water partition coefficient (Wildman–Crippen LogP) is 4.33. The minimum atomic E-state index is -0.311. The van der Waals surface area contributed by atoms with E-state index in [9.17, 15) is 14.4 Å². The predicted molar refractivity (Wildman–Crippen MR) is 104 cm³/mol. The van der Waals surface area contributed by atoms with Crippen molar-refractivity contribution in [2.45, 2.75) is 13.8 Å². The molecule has 27 heavy (non-hydrogen) atoms. The van der Waals surface area contributed by atoms with Crippen LogP contribution in [0.3, 0.4) is 0 Å². The molecule has 4 rings (SSSR count). The highest BCUT2D eigenvalue weighted by molar-refractivity contribution is 6.30. The van der Waals surface area contributed by atoms with Gasteiger partial charge in [-0.3, -0.25) is 14.4 Å². The molecule has 0 bridgehead atoms. The Morgan fingerprint density at radius 3 is 2.00 bits per heavy atom. The average Bonchev–Trinajstić information content (AvgIpc) is 2.65. The molecule has 0 aromatic heterocycles. The van der Waals surface area contributed by atoms with Crippen LogP contribution in [0.4, 0.5) is 5.69 Å². The molecule has 0 unspecified atom stereocenters. The maximum Gasteiger partial charge on any atom is 0.255 e. The molecule has 1 N–H and O–H groups in total. The normalized spacial score (nSPS) is 12.4. The Hall–Kier alpha value is -3.53. The fourth-order valence-corrected chi connectivity index (χ4v) is 3.55. The molecule has 0 atom stereocenters. The molecule has 0 heterocycles. The van der Waals surface area contributed by atoms with Crippen LogP contribution in [0, 0.1) is 13.8 Å². The summed E-state index contributed by atoms with van der Waals surface area (Å²) in [6, 6.07) is 17.3. The molecule has 4 heteroatoms. The van der Waals surface area contributed by atoms with Crippen molar-refractivity contribution in [1.82, 2.24) is 0 Å². The number of carbonyl (C=O) groups is 3. The van der Waals surface area contributed by atoms with Gasteiger partial charge in [0.15, 0.2) is 11.6 Å². The van der Waals surface area contributed by atoms with Gasteiger partial charge in [-0.2, -0.15) is 0 Å². The molecule has 3 aromatic carbocycles. The third-order valence-corrected chi connectivity index (χ3v) is 4.68. The largest absolute Gasteiger partial charge is 0.321 e. The van der Waals surface area contributed by atoms with Crippen LogP contribution in [-0.4, -0.2) is 17.5 Å². The first-order chi connectivity index (χ1) is 13.0. The quantitative estimate of drug-likeness (QED) is 0.582. The summed E-state index contributed by atoms with van der Waals surface area (Å²) in [4.78, 5) is 38.5. The monoisotopic (exact) mass is 355 g/mol. The van der Waals surface area contributed by atoms with E-state index in [1.165, 1.54) is 0 Å². The number of aryl methyl sites for hydroxylation is 2. The lowest BCUT2D eigenvalue weighted by molar-refractivity contribution is 0.0978. The molecule has 1 amide bonds. The molecule has 4 nitrogen and oxygen atoms in total. The highest BCUT2D eigenvalue weighted by Gasteiger charge is 2.31. The SMILES string of the molecule is Cc1cc(C)cc(C(=O)Nc2cccc3c2C(=O)c2ccccc2C3=O)c1. The molecule has 3 aromatic rings. The van der Waals surface area contributed by atoms with E-state index < -0.39 is 0 Å². The van der Waals surface area contributed by atoms with E-state index in [4.69, 9.17) is 0 Å². The summed E-state index contributed by atoms with van der Waals surface area (Å²) in [6.07, 6.45) is 0. The van der Waals surface area contributed by atoms with Crippen LogP contribution in [0.25, 0.3) is 0 Å². The number of anilines is 1. The van der Waals surface area contributed by atoms with Gasteiger partial charge in [-0.25, -0.2) is 0 Å². The second-order valence-electron chi connectivity index (χ2n) is 6.76. The Balaban J connectivity index is 1.77. The zero-order chi connectivity index (χ0) is 19.1. The minimum absolute atomic E-state index is 0.206. The van der Waals surface area contributed by atoms with Crippen LogP contribution in [0.1, 0.15) is 53.3 Å². The summed E-state index contributed by atoms with van der Waals surface area (Å²) in [7, 11) is 0. The summed E-state index contributed by atoms with van der Waals surface area (Å²) in [5.41, 5.74) is 4.15. The standard InChI is InChI=1S/C23H17NO3/c1-13-10-14(2)12-15(11-13)23(27)24-19-9-5-8-18-20(19)22(26)17-7-4-3-6-16(17)21(18)25/h3-12H,1-2H3,(H,24,27). The van der Waals surface area contributed by atoms with Gasteiger partial charge in [-0.1, -0.05) is 53.6 Å². The molecule has 132 valence electrons. The molecule has 0 fully saturated rings. The van der Waals surface area contributed by atoms with E-state index in [-0.39, 0.29) is 23.0 Å². The zero-order valence-corrected chi connectivity index (χ0v) is 15.0. The molecule has 1 aliphatic carbocycles. The van der Waals surface area contributed by atoms with E-state index in [0.717, 1.165) is 11.1 Å². The van der Waals surface area contributed by atoms with Crippen LogP contribution in [0.15, 0.2) is 60.7 Å². The first-order valence-corrected chi connectivity index (χ1v) is 8.67. The van der Waals surface area contributed by atoms with E-state index in [2.05, 4.69) is 5.32 Å². The number of rotatable bonds is 2. The summed E-state index contributed by atoms with van der Waals surface area (Å²) in [5.74, 6) is -0.770. The van der Waals surface area contributed by atoms with Crippen molar-refractivity contribution in [2.24, 2.45) is 0 Å².